The van der Waals surface area contributed by atoms with Gasteiger partial charge in [-0.2, -0.15) is 5.26 Å². The minimum Gasteiger partial charge on any atom is -0.482 e. The fraction of sp³-hybridized carbons (Fsp3) is 0.125. The molecule has 2 aromatic carbocycles. The summed E-state index contributed by atoms with van der Waals surface area (Å²) in [5.74, 6) is 0.0404. The summed E-state index contributed by atoms with van der Waals surface area (Å²) in [5.41, 5.74) is 2.11. The SMILES string of the molecule is Cc1ccc(NC(=O)COc2ccc(Cl)cc2C#N)cc1. The van der Waals surface area contributed by atoms with Gasteiger partial charge in [0.05, 0.1) is 5.56 Å². The fourth-order valence-electron chi connectivity index (χ4n) is 1.69. The molecule has 0 bridgehead atoms. The van der Waals surface area contributed by atoms with Gasteiger partial charge in [-0.05, 0) is 37.3 Å². The maximum atomic E-state index is 11.8. The molecule has 0 saturated heterocycles. The van der Waals surface area contributed by atoms with Gasteiger partial charge >= 0.3 is 0 Å². The molecule has 2 rings (SSSR count). The van der Waals surface area contributed by atoms with Gasteiger partial charge in [0, 0.05) is 10.7 Å². The fourth-order valence-corrected chi connectivity index (χ4v) is 1.86. The lowest BCUT2D eigenvalue weighted by molar-refractivity contribution is -0.118. The number of halogens is 1. The number of nitriles is 1. The van der Waals surface area contributed by atoms with E-state index in [2.05, 4.69) is 5.32 Å². The van der Waals surface area contributed by atoms with E-state index in [4.69, 9.17) is 21.6 Å². The summed E-state index contributed by atoms with van der Waals surface area (Å²) in [7, 11) is 0. The van der Waals surface area contributed by atoms with Gasteiger partial charge in [0.1, 0.15) is 11.8 Å². The summed E-state index contributed by atoms with van der Waals surface area (Å²) in [4.78, 5) is 11.8. The van der Waals surface area contributed by atoms with Crippen LogP contribution in [-0.2, 0) is 4.79 Å². The van der Waals surface area contributed by atoms with Crippen LogP contribution in [0.4, 0.5) is 5.69 Å². The highest BCUT2D eigenvalue weighted by Crippen LogP contribution is 2.22. The number of carbonyl (C=O) groups excluding carboxylic acids is 1. The molecular formula is C16H13ClN2O2. The van der Waals surface area contributed by atoms with Crippen LogP contribution in [-0.4, -0.2) is 12.5 Å². The van der Waals surface area contributed by atoms with E-state index in [1.165, 1.54) is 6.07 Å². The van der Waals surface area contributed by atoms with Crippen LogP contribution < -0.4 is 10.1 Å². The van der Waals surface area contributed by atoms with E-state index >= 15 is 0 Å². The van der Waals surface area contributed by atoms with Gasteiger partial charge in [-0.3, -0.25) is 4.79 Å². The zero-order valence-corrected chi connectivity index (χ0v) is 12.1. The van der Waals surface area contributed by atoms with Crippen LogP contribution in [0.25, 0.3) is 0 Å². The van der Waals surface area contributed by atoms with Gasteiger partial charge in [-0.1, -0.05) is 29.3 Å². The molecule has 0 aromatic heterocycles. The third-order valence-electron chi connectivity index (χ3n) is 2.76. The smallest absolute Gasteiger partial charge is 0.262 e. The Balaban J connectivity index is 1.95. The van der Waals surface area contributed by atoms with Crippen LogP contribution in [0.15, 0.2) is 42.5 Å². The lowest BCUT2D eigenvalue weighted by Gasteiger charge is -2.09. The number of hydrogen-bond acceptors (Lipinski definition) is 3. The summed E-state index contributed by atoms with van der Waals surface area (Å²) in [6.45, 7) is 1.79. The van der Waals surface area contributed by atoms with Crippen molar-refractivity contribution < 1.29 is 9.53 Å². The Morgan fingerprint density at radius 3 is 2.67 bits per heavy atom. The first-order chi connectivity index (χ1) is 10.1. The second kappa shape index (κ2) is 6.78. The lowest BCUT2D eigenvalue weighted by Crippen LogP contribution is -2.20. The number of benzene rings is 2. The van der Waals surface area contributed by atoms with Crippen molar-refractivity contribution in [3.63, 3.8) is 0 Å². The van der Waals surface area contributed by atoms with Gasteiger partial charge in [0.25, 0.3) is 5.91 Å². The first-order valence-electron chi connectivity index (χ1n) is 6.27. The minimum absolute atomic E-state index is 0.176. The molecule has 21 heavy (non-hydrogen) atoms. The van der Waals surface area contributed by atoms with Crippen LogP contribution in [0.1, 0.15) is 11.1 Å². The van der Waals surface area contributed by atoms with Crippen LogP contribution in [0.5, 0.6) is 5.75 Å². The van der Waals surface area contributed by atoms with Crippen molar-refractivity contribution in [3.8, 4) is 11.8 Å². The highest BCUT2D eigenvalue weighted by atomic mass is 35.5. The summed E-state index contributed by atoms with van der Waals surface area (Å²) in [6, 6.07) is 14.1. The van der Waals surface area contributed by atoms with Crippen molar-refractivity contribution in [2.75, 3.05) is 11.9 Å². The van der Waals surface area contributed by atoms with Crippen LogP contribution in [0.3, 0.4) is 0 Å². The summed E-state index contributed by atoms with van der Waals surface area (Å²) >= 11 is 5.79. The minimum atomic E-state index is -0.294. The predicted octanol–water partition coefficient (Wildman–Crippen LogP) is 3.54. The molecule has 0 unspecified atom stereocenters. The lowest BCUT2D eigenvalue weighted by atomic mass is 10.2. The van der Waals surface area contributed by atoms with Gasteiger partial charge < -0.3 is 10.1 Å². The van der Waals surface area contributed by atoms with E-state index < -0.39 is 0 Å². The van der Waals surface area contributed by atoms with Gasteiger partial charge in [-0.15, -0.1) is 0 Å². The molecule has 0 spiro atoms. The largest absolute Gasteiger partial charge is 0.482 e. The number of nitrogens with zero attached hydrogens (tertiary/aromatic N) is 1. The molecule has 0 fully saturated rings. The number of carbonyl (C=O) groups is 1. The Kier molecular flexibility index (Phi) is 4.81. The second-order valence-corrected chi connectivity index (χ2v) is 4.89. The standard InChI is InChI=1S/C16H13ClN2O2/c1-11-2-5-14(6-3-11)19-16(20)10-21-15-7-4-13(17)8-12(15)9-18/h2-8H,10H2,1H3,(H,19,20). The number of ether oxygens (including phenoxy) is 1. The summed E-state index contributed by atoms with van der Waals surface area (Å²) in [6.07, 6.45) is 0. The van der Waals surface area contributed by atoms with E-state index in [1.54, 1.807) is 12.1 Å². The number of aryl methyl sites for hydroxylation is 1. The molecule has 106 valence electrons. The number of amides is 1. The third-order valence-corrected chi connectivity index (χ3v) is 2.99. The monoisotopic (exact) mass is 300 g/mol. The van der Waals surface area contributed by atoms with E-state index in [9.17, 15) is 4.79 Å². The maximum Gasteiger partial charge on any atom is 0.262 e. The molecule has 0 aliphatic carbocycles. The van der Waals surface area contributed by atoms with Gasteiger partial charge in [0.15, 0.2) is 6.61 Å². The Morgan fingerprint density at radius 2 is 2.00 bits per heavy atom. The topological polar surface area (TPSA) is 62.1 Å². The van der Waals surface area contributed by atoms with Crippen LogP contribution in [0, 0.1) is 18.3 Å². The van der Waals surface area contributed by atoms with Crippen molar-refractivity contribution in [2.24, 2.45) is 0 Å². The van der Waals surface area contributed by atoms with E-state index in [0.29, 0.717) is 22.0 Å². The zero-order chi connectivity index (χ0) is 15.2. The second-order valence-electron chi connectivity index (χ2n) is 4.46. The molecule has 0 atom stereocenters. The summed E-state index contributed by atoms with van der Waals surface area (Å²) < 4.78 is 5.35. The van der Waals surface area contributed by atoms with Crippen LogP contribution >= 0.6 is 11.6 Å². The molecule has 0 saturated carbocycles. The first kappa shape index (κ1) is 14.9. The number of hydrogen-bond donors (Lipinski definition) is 1. The van der Waals surface area contributed by atoms with Crippen molar-refractivity contribution in [1.29, 1.82) is 5.26 Å². The Bertz CT molecular complexity index is 690. The average Bonchev–Trinajstić information content (AvgIpc) is 2.48. The van der Waals surface area contributed by atoms with Crippen molar-refractivity contribution in [2.45, 2.75) is 6.92 Å². The quantitative estimate of drug-likeness (QED) is 0.939. The molecular weight excluding hydrogens is 288 g/mol. The summed E-state index contributed by atoms with van der Waals surface area (Å²) in [5, 5.41) is 12.1. The van der Waals surface area contributed by atoms with E-state index in [1.807, 2.05) is 37.3 Å². The molecule has 2 aromatic rings. The number of anilines is 1. The molecule has 4 nitrogen and oxygen atoms in total. The van der Waals surface area contributed by atoms with Crippen molar-refractivity contribution >= 4 is 23.2 Å². The Labute approximate surface area is 127 Å². The average molecular weight is 301 g/mol. The first-order valence-corrected chi connectivity index (χ1v) is 6.65. The van der Waals surface area contributed by atoms with Gasteiger partial charge in [-0.25, -0.2) is 0 Å². The molecule has 1 N–H and O–H groups in total. The Hall–Kier alpha value is -2.51. The third kappa shape index (κ3) is 4.23. The molecule has 0 radical (unpaired) electrons. The predicted molar refractivity (Wildman–Crippen MR) is 81.5 cm³/mol. The normalized spacial score (nSPS) is 9.76. The molecule has 1 amide bonds. The maximum absolute atomic E-state index is 11.8. The van der Waals surface area contributed by atoms with E-state index in [0.717, 1.165) is 5.56 Å². The Morgan fingerprint density at radius 1 is 1.29 bits per heavy atom. The highest BCUT2D eigenvalue weighted by molar-refractivity contribution is 6.30. The molecule has 0 aliphatic heterocycles. The van der Waals surface area contributed by atoms with Gasteiger partial charge in [0.2, 0.25) is 0 Å². The highest BCUT2D eigenvalue weighted by Gasteiger charge is 2.08. The molecule has 0 heterocycles. The molecule has 0 aliphatic rings. The zero-order valence-electron chi connectivity index (χ0n) is 11.4. The van der Waals surface area contributed by atoms with Crippen molar-refractivity contribution in [1.82, 2.24) is 0 Å². The van der Waals surface area contributed by atoms with Crippen molar-refractivity contribution in [3.05, 3.63) is 58.6 Å². The number of rotatable bonds is 4. The number of nitrogens with one attached hydrogen (secondary N) is 1. The molecule has 5 heteroatoms. The van der Waals surface area contributed by atoms with E-state index in [-0.39, 0.29) is 12.5 Å². The van der Waals surface area contributed by atoms with Crippen LogP contribution in [0.2, 0.25) is 5.02 Å².